The van der Waals surface area contributed by atoms with E-state index in [1.54, 1.807) is 18.2 Å². The highest BCUT2D eigenvalue weighted by molar-refractivity contribution is 5.99. The van der Waals surface area contributed by atoms with Gasteiger partial charge in [0.2, 0.25) is 5.91 Å². The predicted molar refractivity (Wildman–Crippen MR) is 77.5 cm³/mol. The van der Waals surface area contributed by atoms with Gasteiger partial charge in [-0.3, -0.25) is 9.59 Å². The SMILES string of the molecule is CC1(CNC(=O)c2cccc(C(N)=O)c2)CCCNC1. The summed E-state index contributed by atoms with van der Waals surface area (Å²) in [7, 11) is 0. The van der Waals surface area contributed by atoms with E-state index in [2.05, 4.69) is 17.6 Å². The second kappa shape index (κ2) is 6.05. The first-order valence-corrected chi connectivity index (χ1v) is 6.89. The molecule has 0 spiro atoms. The molecule has 0 aromatic heterocycles. The summed E-state index contributed by atoms with van der Waals surface area (Å²) in [6.07, 6.45) is 2.23. The molecule has 1 heterocycles. The van der Waals surface area contributed by atoms with Crippen molar-refractivity contribution in [3.8, 4) is 0 Å². The molecule has 1 aromatic carbocycles. The molecular weight excluding hydrogens is 254 g/mol. The van der Waals surface area contributed by atoms with Crippen LogP contribution in [-0.2, 0) is 0 Å². The van der Waals surface area contributed by atoms with Crippen LogP contribution in [0.15, 0.2) is 24.3 Å². The molecule has 0 saturated carbocycles. The van der Waals surface area contributed by atoms with E-state index in [4.69, 9.17) is 5.73 Å². The summed E-state index contributed by atoms with van der Waals surface area (Å²) in [5.74, 6) is -0.692. The van der Waals surface area contributed by atoms with E-state index < -0.39 is 5.91 Å². The minimum Gasteiger partial charge on any atom is -0.366 e. The van der Waals surface area contributed by atoms with Gasteiger partial charge in [-0.2, -0.15) is 0 Å². The third kappa shape index (κ3) is 3.57. The minimum absolute atomic E-state index is 0.0925. The van der Waals surface area contributed by atoms with Gasteiger partial charge in [-0.25, -0.2) is 0 Å². The number of amides is 2. The Kier molecular flexibility index (Phi) is 4.39. The van der Waals surface area contributed by atoms with Crippen molar-refractivity contribution in [2.75, 3.05) is 19.6 Å². The van der Waals surface area contributed by atoms with E-state index in [0.717, 1.165) is 25.9 Å². The van der Waals surface area contributed by atoms with Gasteiger partial charge in [0.15, 0.2) is 0 Å². The van der Waals surface area contributed by atoms with Crippen LogP contribution in [0.2, 0.25) is 0 Å². The Labute approximate surface area is 118 Å². The number of primary amides is 1. The normalized spacial score (nSPS) is 22.2. The van der Waals surface area contributed by atoms with Gasteiger partial charge in [0.1, 0.15) is 0 Å². The standard InChI is InChI=1S/C15H21N3O2/c1-15(6-3-7-17-9-15)10-18-14(20)12-5-2-4-11(8-12)13(16)19/h2,4-5,8,17H,3,6-7,9-10H2,1H3,(H2,16,19)(H,18,20). The summed E-state index contributed by atoms with van der Waals surface area (Å²) in [6.45, 7) is 4.75. The first-order valence-electron chi connectivity index (χ1n) is 6.89. The molecule has 5 heteroatoms. The number of rotatable bonds is 4. The summed E-state index contributed by atoms with van der Waals surface area (Å²) in [6, 6.07) is 6.48. The van der Waals surface area contributed by atoms with Crippen LogP contribution >= 0.6 is 0 Å². The quantitative estimate of drug-likeness (QED) is 0.763. The Hall–Kier alpha value is -1.88. The van der Waals surface area contributed by atoms with E-state index in [1.165, 1.54) is 6.07 Å². The van der Waals surface area contributed by atoms with Crippen molar-refractivity contribution in [3.63, 3.8) is 0 Å². The average Bonchev–Trinajstić information content (AvgIpc) is 2.46. The van der Waals surface area contributed by atoms with Gasteiger partial charge in [0, 0.05) is 24.2 Å². The van der Waals surface area contributed by atoms with Gasteiger partial charge >= 0.3 is 0 Å². The largest absolute Gasteiger partial charge is 0.366 e. The van der Waals surface area contributed by atoms with Gasteiger partial charge < -0.3 is 16.4 Å². The zero-order valence-electron chi connectivity index (χ0n) is 11.7. The summed E-state index contributed by atoms with van der Waals surface area (Å²) < 4.78 is 0. The highest BCUT2D eigenvalue weighted by atomic mass is 16.2. The van der Waals surface area contributed by atoms with Crippen LogP contribution in [0.5, 0.6) is 0 Å². The summed E-state index contributed by atoms with van der Waals surface area (Å²) in [5.41, 5.74) is 6.12. The molecule has 1 unspecified atom stereocenters. The molecule has 1 aliphatic rings. The van der Waals surface area contributed by atoms with Crippen LogP contribution in [0.4, 0.5) is 0 Å². The van der Waals surface area contributed by atoms with E-state index in [-0.39, 0.29) is 11.3 Å². The first kappa shape index (κ1) is 14.5. The third-order valence-electron chi connectivity index (χ3n) is 3.77. The summed E-state index contributed by atoms with van der Waals surface area (Å²) in [5, 5.41) is 6.29. The van der Waals surface area contributed by atoms with Crippen molar-refractivity contribution in [1.82, 2.24) is 10.6 Å². The third-order valence-corrected chi connectivity index (χ3v) is 3.77. The van der Waals surface area contributed by atoms with Crippen molar-refractivity contribution in [1.29, 1.82) is 0 Å². The van der Waals surface area contributed by atoms with Crippen molar-refractivity contribution in [2.24, 2.45) is 11.1 Å². The van der Waals surface area contributed by atoms with Gasteiger partial charge in [-0.1, -0.05) is 13.0 Å². The molecule has 20 heavy (non-hydrogen) atoms. The molecule has 5 nitrogen and oxygen atoms in total. The average molecular weight is 275 g/mol. The highest BCUT2D eigenvalue weighted by Gasteiger charge is 2.27. The molecule has 108 valence electrons. The number of nitrogens with two attached hydrogens (primary N) is 1. The topological polar surface area (TPSA) is 84.2 Å². The lowest BCUT2D eigenvalue weighted by Gasteiger charge is -2.34. The number of nitrogens with one attached hydrogen (secondary N) is 2. The predicted octanol–water partition coefficient (Wildman–Crippen LogP) is 0.905. The molecule has 1 fully saturated rings. The van der Waals surface area contributed by atoms with Gasteiger partial charge in [-0.05, 0) is 43.0 Å². The second-order valence-corrected chi connectivity index (χ2v) is 5.72. The van der Waals surface area contributed by atoms with Crippen molar-refractivity contribution in [2.45, 2.75) is 19.8 Å². The maximum atomic E-state index is 12.1. The summed E-state index contributed by atoms with van der Waals surface area (Å²) in [4.78, 5) is 23.2. The van der Waals surface area contributed by atoms with E-state index in [1.807, 2.05) is 0 Å². The van der Waals surface area contributed by atoms with E-state index in [0.29, 0.717) is 17.7 Å². The van der Waals surface area contributed by atoms with Gasteiger partial charge in [0.05, 0.1) is 0 Å². The Balaban J connectivity index is 1.98. The fourth-order valence-corrected chi connectivity index (χ4v) is 2.48. The lowest BCUT2D eigenvalue weighted by Crippen LogP contribution is -2.45. The lowest BCUT2D eigenvalue weighted by atomic mass is 9.83. The highest BCUT2D eigenvalue weighted by Crippen LogP contribution is 2.24. The number of benzene rings is 1. The minimum atomic E-state index is -0.525. The van der Waals surface area contributed by atoms with Gasteiger partial charge in [-0.15, -0.1) is 0 Å². The second-order valence-electron chi connectivity index (χ2n) is 5.72. The zero-order chi connectivity index (χ0) is 14.6. The molecule has 1 saturated heterocycles. The van der Waals surface area contributed by atoms with Crippen molar-refractivity contribution >= 4 is 11.8 Å². The fraction of sp³-hybridized carbons (Fsp3) is 0.467. The molecule has 0 aliphatic carbocycles. The number of carbonyl (C=O) groups is 2. The Morgan fingerprint density at radius 3 is 2.80 bits per heavy atom. The molecular formula is C15H21N3O2. The Morgan fingerprint density at radius 2 is 2.15 bits per heavy atom. The van der Waals surface area contributed by atoms with Crippen molar-refractivity contribution in [3.05, 3.63) is 35.4 Å². The van der Waals surface area contributed by atoms with Gasteiger partial charge in [0.25, 0.3) is 5.91 Å². The number of hydrogen-bond acceptors (Lipinski definition) is 3. The molecule has 1 aliphatic heterocycles. The molecule has 0 radical (unpaired) electrons. The molecule has 1 atom stereocenters. The molecule has 0 bridgehead atoms. The number of carbonyl (C=O) groups excluding carboxylic acids is 2. The maximum Gasteiger partial charge on any atom is 0.251 e. The van der Waals surface area contributed by atoms with Crippen LogP contribution in [0.25, 0.3) is 0 Å². The molecule has 2 amide bonds. The molecule has 1 aromatic rings. The summed E-state index contributed by atoms with van der Waals surface area (Å²) >= 11 is 0. The molecule has 2 rings (SSSR count). The van der Waals surface area contributed by atoms with E-state index >= 15 is 0 Å². The van der Waals surface area contributed by atoms with E-state index in [9.17, 15) is 9.59 Å². The molecule has 4 N–H and O–H groups in total. The zero-order valence-corrected chi connectivity index (χ0v) is 11.7. The lowest BCUT2D eigenvalue weighted by molar-refractivity contribution is 0.0924. The first-order chi connectivity index (χ1) is 9.50. The number of hydrogen-bond donors (Lipinski definition) is 3. The van der Waals surface area contributed by atoms with Crippen LogP contribution < -0.4 is 16.4 Å². The number of piperidine rings is 1. The van der Waals surface area contributed by atoms with Crippen LogP contribution in [-0.4, -0.2) is 31.4 Å². The van der Waals surface area contributed by atoms with Crippen LogP contribution in [0, 0.1) is 5.41 Å². The van der Waals surface area contributed by atoms with Crippen LogP contribution in [0.3, 0.4) is 0 Å². The monoisotopic (exact) mass is 275 g/mol. The van der Waals surface area contributed by atoms with Crippen molar-refractivity contribution < 1.29 is 9.59 Å². The van der Waals surface area contributed by atoms with Crippen LogP contribution in [0.1, 0.15) is 40.5 Å². The smallest absolute Gasteiger partial charge is 0.251 e. The Bertz CT molecular complexity index is 508. The maximum absolute atomic E-state index is 12.1. The Morgan fingerprint density at radius 1 is 1.40 bits per heavy atom. The fourth-order valence-electron chi connectivity index (χ4n) is 2.48.